The number of hydrogen-bond acceptors (Lipinski definition) is 3. The lowest BCUT2D eigenvalue weighted by Gasteiger charge is -2.07. The Kier molecular flexibility index (Phi) is 4.20. The van der Waals surface area contributed by atoms with Gasteiger partial charge in [0.25, 0.3) is 0 Å². The summed E-state index contributed by atoms with van der Waals surface area (Å²) in [7, 11) is -3.48. The Morgan fingerprint density at radius 1 is 1.25 bits per heavy atom. The first-order chi connectivity index (χ1) is 7.47. The van der Waals surface area contributed by atoms with E-state index in [0.717, 1.165) is 11.1 Å². The molecule has 0 aliphatic carbocycles. The van der Waals surface area contributed by atoms with Gasteiger partial charge in [0.05, 0.1) is 4.90 Å². The molecule has 0 aromatic heterocycles. The Balaban J connectivity index is 2.90. The molecule has 1 aromatic carbocycles. The summed E-state index contributed by atoms with van der Waals surface area (Å²) in [6.45, 7) is 3.92. The number of hydrogen-bond donors (Lipinski definition) is 1. The molecule has 88 valence electrons. The van der Waals surface area contributed by atoms with Crippen molar-refractivity contribution in [2.45, 2.75) is 25.2 Å². The van der Waals surface area contributed by atoms with Crippen LogP contribution in [0.2, 0.25) is 0 Å². The molecule has 0 radical (unpaired) electrons. The van der Waals surface area contributed by atoms with Crippen molar-refractivity contribution in [3.05, 3.63) is 29.3 Å². The van der Waals surface area contributed by atoms with Gasteiger partial charge in [-0.05, 0) is 37.1 Å². The largest absolute Gasteiger partial charge is 0.303 e. The van der Waals surface area contributed by atoms with E-state index in [1.807, 2.05) is 13.8 Å². The molecular formula is C11H15NO3S. The van der Waals surface area contributed by atoms with Crippen molar-refractivity contribution in [1.29, 1.82) is 0 Å². The second-order valence-corrected chi connectivity index (χ2v) is 5.37. The zero-order chi connectivity index (χ0) is 12.2. The summed E-state index contributed by atoms with van der Waals surface area (Å²) in [5.74, 6) is 0. The van der Waals surface area contributed by atoms with E-state index in [0.29, 0.717) is 6.29 Å². The quantitative estimate of drug-likeness (QED) is 0.621. The van der Waals surface area contributed by atoms with Gasteiger partial charge >= 0.3 is 0 Å². The van der Waals surface area contributed by atoms with Crippen molar-refractivity contribution in [2.24, 2.45) is 0 Å². The van der Waals surface area contributed by atoms with Crippen LogP contribution in [0.3, 0.4) is 0 Å². The van der Waals surface area contributed by atoms with E-state index in [-0.39, 0.29) is 17.9 Å². The Bertz CT molecular complexity index is 480. The molecule has 0 atom stereocenters. The molecular weight excluding hydrogens is 226 g/mol. The van der Waals surface area contributed by atoms with Gasteiger partial charge in [0.1, 0.15) is 6.29 Å². The minimum Gasteiger partial charge on any atom is -0.303 e. The average molecular weight is 241 g/mol. The number of sulfonamides is 1. The summed E-state index contributed by atoms with van der Waals surface area (Å²) in [5.41, 5.74) is 1.98. The summed E-state index contributed by atoms with van der Waals surface area (Å²) in [5, 5.41) is 0. The van der Waals surface area contributed by atoms with Crippen LogP contribution < -0.4 is 4.72 Å². The Hall–Kier alpha value is -1.20. The van der Waals surface area contributed by atoms with E-state index in [2.05, 4.69) is 4.72 Å². The number of benzene rings is 1. The van der Waals surface area contributed by atoms with Crippen molar-refractivity contribution < 1.29 is 13.2 Å². The van der Waals surface area contributed by atoms with Crippen molar-refractivity contribution in [1.82, 2.24) is 4.72 Å². The molecule has 0 aliphatic heterocycles. The van der Waals surface area contributed by atoms with Crippen molar-refractivity contribution in [3.8, 4) is 0 Å². The first-order valence-electron chi connectivity index (χ1n) is 4.98. The van der Waals surface area contributed by atoms with Crippen LogP contribution in [0.1, 0.15) is 17.5 Å². The van der Waals surface area contributed by atoms with Gasteiger partial charge in [-0.3, -0.25) is 0 Å². The number of nitrogens with one attached hydrogen (secondary N) is 1. The smallest absolute Gasteiger partial charge is 0.240 e. The molecule has 16 heavy (non-hydrogen) atoms. The topological polar surface area (TPSA) is 63.2 Å². The van der Waals surface area contributed by atoms with Crippen LogP contribution in [-0.2, 0) is 14.8 Å². The number of aldehydes is 1. The highest BCUT2D eigenvalue weighted by Gasteiger charge is 2.13. The standard InChI is InChI=1S/C11H15NO3S/c1-9-4-5-11(8-10(9)2)16(14,15)12-6-3-7-13/h4-5,7-8,12H,3,6H2,1-2H3. The number of carbonyl (C=O) groups is 1. The molecule has 0 heterocycles. The molecule has 0 unspecified atom stereocenters. The highest BCUT2D eigenvalue weighted by atomic mass is 32.2. The molecule has 0 saturated heterocycles. The van der Waals surface area contributed by atoms with Crippen LogP contribution >= 0.6 is 0 Å². The van der Waals surface area contributed by atoms with Crippen molar-refractivity contribution in [3.63, 3.8) is 0 Å². The fourth-order valence-corrected chi connectivity index (χ4v) is 2.35. The third-order valence-corrected chi connectivity index (χ3v) is 3.80. The Morgan fingerprint density at radius 3 is 2.50 bits per heavy atom. The maximum atomic E-state index is 11.7. The molecule has 4 nitrogen and oxygen atoms in total. The lowest BCUT2D eigenvalue weighted by atomic mass is 10.1. The van der Waals surface area contributed by atoms with Crippen LogP contribution in [0.4, 0.5) is 0 Å². The lowest BCUT2D eigenvalue weighted by Crippen LogP contribution is -2.25. The van der Waals surface area contributed by atoms with Gasteiger partial charge in [-0.1, -0.05) is 6.07 Å². The molecule has 1 aromatic rings. The van der Waals surface area contributed by atoms with Crippen molar-refractivity contribution in [2.75, 3.05) is 6.54 Å². The third kappa shape index (κ3) is 3.15. The molecule has 0 aliphatic rings. The van der Waals surface area contributed by atoms with Crippen LogP contribution in [-0.4, -0.2) is 21.2 Å². The third-order valence-electron chi connectivity index (χ3n) is 2.34. The molecule has 0 bridgehead atoms. The molecule has 5 heteroatoms. The van der Waals surface area contributed by atoms with E-state index in [1.54, 1.807) is 18.2 Å². The average Bonchev–Trinajstić information content (AvgIpc) is 2.22. The summed E-state index contributed by atoms with van der Waals surface area (Å²) in [6.07, 6.45) is 0.868. The first kappa shape index (κ1) is 12.9. The maximum absolute atomic E-state index is 11.7. The summed E-state index contributed by atoms with van der Waals surface area (Å²) < 4.78 is 25.9. The minimum atomic E-state index is -3.48. The fourth-order valence-electron chi connectivity index (χ4n) is 1.22. The highest BCUT2D eigenvalue weighted by Crippen LogP contribution is 2.14. The molecule has 1 rings (SSSR count). The predicted molar refractivity (Wildman–Crippen MR) is 61.8 cm³/mol. The summed E-state index contributed by atoms with van der Waals surface area (Å²) in [4.78, 5) is 10.3. The first-order valence-corrected chi connectivity index (χ1v) is 6.46. The molecule has 0 spiro atoms. The fraction of sp³-hybridized carbons (Fsp3) is 0.364. The van der Waals surface area contributed by atoms with E-state index in [9.17, 15) is 13.2 Å². The van der Waals surface area contributed by atoms with E-state index in [1.165, 1.54) is 0 Å². The van der Waals surface area contributed by atoms with Crippen LogP contribution in [0.15, 0.2) is 23.1 Å². The SMILES string of the molecule is Cc1ccc(S(=O)(=O)NCCC=O)cc1C. The number of carbonyl (C=O) groups excluding carboxylic acids is 1. The zero-order valence-electron chi connectivity index (χ0n) is 9.36. The Labute approximate surface area is 95.7 Å². The van der Waals surface area contributed by atoms with Gasteiger partial charge in [-0.2, -0.15) is 0 Å². The second-order valence-electron chi connectivity index (χ2n) is 3.60. The minimum absolute atomic E-state index is 0.138. The van der Waals surface area contributed by atoms with Gasteiger partial charge in [-0.25, -0.2) is 13.1 Å². The monoisotopic (exact) mass is 241 g/mol. The summed E-state index contributed by atoms with van der Waals surface area (Å²) >= 11 is 0. The van der Waals surface area contributed by atoms with E-state index in [4.69, 9.17) is 0 Å². The van der Waals surface area contributed by atoms with Gasteiger partial charge in [0.15, 0.2) is 0 Å². The number of aryl methyl sites for hydroxylation is 2. The normalized spacial score (nSPS) is 11.4. The predicted octanol–water partition coefficient (Wildman–Crippen LogP) is 1.17. The molecule has 0 fully saturated rings. The summed E-state index contributed by atoms with van der Waals surface area (Å²) in [6, 6.07) is 4.95. The van der Waals surface area contributed by atoms with Gasteiger partial charge in [-0.15, -0.1) is 0 Å². The lowest BCUT2D eigenvalue weighted by molar-refractivity contribution is -0.107. The van der Waals surface area contributed by atoms with Gasteiger partial charge in [0, 0.05) is 13.0 Å². The molecule has 0 saturated carbocycles. The maximum Gasteiger partial charge on any atom is 0.240 e. The molecule has 0 amide bonds. The molecule has 1 N–H and O–H groups in total. The van der Waals surface area contributed by atoms with Crippen molar-refractivity contribution >= 4 is 16.3 Å². The van der Waals surface area contributed by atoms with Crippen LogP contribution in [0.25, 0.3) is 0 Å². The van der Waals surface area contributed by atoms with E-state index >= 15 is 0 Å². The van der Waals surface area contributed by atoms with Crippen LogP contribution in [0, 0.1) is 13.8 Å². The second kappa shape index (κ2) is 5.23. The highest BCUT2D eigenvalue weighted by molar-refractivity contribution is 7.89. The Morgan fingerprint density at radius 2 is 1.94 bits per heavy atom. The zero-order valence-corrected chi connectivity index (χ0v) is 10.2. The van der Waals surface area contributed by atoms with Gasteiger partial charge in [0.2, 0.25) is 10.0 Å². The van der Waals surface area contributed by atoms with Gasteiger partial charge < -0.3 is 4.79 Å². The van der Waals surface area contributed by atoms with E-state index < -0.39 is 10.0 Å². The van der Waals surface area contributed by atoms with Crippen LogP contribution in [0.5, 0.6) is 0 Å². The number of rotatable bonds is 5.